The van der Waals surface area contributed by atoms with Gasteiger partial charge < -0.3 is 0 Å². The lowest BCUT2D eigenvalue weighted by Gasteiger charge is -2.34. The van der Waals surface area contributed by atoms with Gasteiger partial charge in [-0.3, -0.25) is 0 Å². The Balaban J connectivity index is 1.14. The van der Waals surface area contributed by atoms with E-state index in [1.807, 2.05) is 25.1 Å². The van der Waals surface area contributed by atoms with Crippen molar-refractivity contribution in [1.82, 2.24) is 15.0 Å². The van der Waals surface area contributed by atoms with Crippen LogP contribution in [-0.2, 0) is 5.41 Å². The Kier molecular flexibility index (Phi) is 9.09. The van der Waals surface area contributed by atoms with Gasteiger partial charge in [-0.15, -0.1) is 0 Å². The van der Waals surface area contributed by atoms with Crippen molar-refractivity contribution < 1.29 is 0 Å². The zero-order chi connectivity index (χ0) is 41.6. The van der Waals surface area contributed by atoms with E-state index < -0.39 is 5.41 Å². The molecule has 10 aromatic rings. The largest absolute Gasteiger partial charge is 0.247 e. The van der Waals surface area contributed by atoms with Crippen molar-refractivity contribution in [2.24, 2.45) is 0 Å². The molecule has 1 aliphatic rings. The van der Waals surface area contributed by atoms with Crippen LogP contribution in [-0.4, -0.2) is 15.0 Å². The Morgan fingerprint density at radius 2 is 1.10 bits per heavy atom. The first-order valence-electron chi connectivity index (χ1n) is 21.2. The third kappa shape index (κ3) is 5.93. The van der Waals surface area contributed by atoms with Crippen molar-refractivity contribution in [3.8, 4) is 56.2 Å². The minimum Gasteiger partial charge on any atom is -0.247 e. The fourth-order valence-electron chi connectivity index (χ4n) is 9.64. The molecule has 0 saturated carbocycles. The summed E-state index contributed by atoms with van der Waals surface area (Å²) in [6.45, 7) is 6.87. The molecule has 0 bridgehead atoms. The molecule has 62 heavy (non-hydrogen) atoms. The first-order valence-corrected chi connectivity index (χ1v) is 21.2. The Morgan fingerprint density at radius 3 is 1.89 bits per heavy atom. The van der Waals surface area contributed by atoms with E-state index in [0.29, 0.717) is 5.82 Å². The summed E-state index contributed by atoms with van der Waals surface area (Å²) in [7, 11) is 0. The molecule has 1 aliphatic carbocycles. The summed E-state index contributed by atoms with van der Waals surface area (Å²) >= 11 is 0. The number of aromatic nitrogens is 3. The molecule has 8 aromatic carbocycles. The van der Waals surface area contributed by atoms with Gasteiger partial charge in [0.15, 0.2) is 5.82 Å². The summed E-state index contributed by atoms with van der Waals surface area (Å²) in [5.74, 6) is 0.667. The van der Waals surface area contributed by atoms with Crippen LogP contribution in [0, 0.1) is 0 Å². The Morgan fingerprint density at radius 1 is 0.468 bits per heavy atom. The summed E-state index contributed by atoms with van der Waals surface area (Å²) in [6, 6.07) is 68.9. The van der Waals surface area contributed by atoms with E-state index in [9.17, 15) is 0 Å². The lowest BCUT2D eigenvalue weighted by atomic mass is 9.67. The molecule has 0 saturated heterocycles. The smallest absolute Gasteiger partial charge is 0.160 e. The molecule has 0 amide bonds. The fraction of sp³-hybridized carbons (Fsp3) is 0.0339. The van der Waals surface area contributed by atoms with Crippen LogP contribution in [0.4, 0.5) is 0 Å². The topological polar surface area (TPSA) is 38.7 Å². The fourth-order valence-corrected chi connectivity index (χ4v) is 9.64. The Bertz CT molecular complexity index is 3420. The second-order valence-corrected chi connectivity index (χ2v) is 15.9. The maximum Gasteiger partial charge on any atom is 0.160 e. The third-order valence-electron chi connectivity index (χ3n) is 12.4. The van der Waals surface area contributed by atoms with E-state index in [-0.39, 0.29) is 0 Å². The van der Waals surface area contributed by atoms with Crippen LogP contribution in [0.2, 0.25) is 0 Å². The van der Waals surface area contributed by atoms with E-state index in [0.717, 1.165) is 66.2 Å². The maximum atomic E-state index is 5.55. The van der Waals surface area contributed by atoms with Gasteiger partial charge in [-0.1, -0.05) is 207 Å². The molecule has 1 atom stereocenters. The predicted octanol–water partition coefficient (Wildman–Crippen LogP) is 15.0. The van der Waals surface area contributed by atoms with E-state index in [4.69, 9.17) is 21.5 Å². The Hall–Kier alpha value is -8.01. The summed E-state index contributed by atoms with van der Waals surface area (Å²) in [5, 5.41) is 4.41. The summed E-state index contributed by atoms with van der Waals surface area (Å²) in [6.07, 6.45) is 8.38. The number of hydrogen-bond donors (Lipinski definition) is 0. The summed E-state index contributed by atoms with van der Waals surface area (Å²) < 4.78 is 0. The third-order valence-corrected chi connectivity index (χ3v) is 12.4. The van der Waals surface area contributed by atoms with Crippen LogP contribution in [0.15, 0.2) is 231 Å². The average molecular weight is 792 g/mol. The number of pyridine rings is 1. The van der Waals surface area contributed by atoms with Gasteiger partial charge in [0.05, 0.1) is 27.8 Å². The maximum absolute atomic E-state index is 5.55. The first-order chi connectivity index (χ1) is 30.6. The number of benzene rings is 8. The first kappa shape index (κ1) is 37.0. The lowest BCUT2D eigenvalue weighted by Crippen LogP contribution is -2.28. The van der Waals surface area contributed by atoms with Gasteiger partial charge in [0.1, 0.15) is 0 Å². The van der Waals surface area contributed by atoms with Crippen LogP contribution in [0.5, 0.6) is 0 Å². The van der Waals surface area contributed by atoms with Crippen LogP contribution in [0.25, 0.3) is 88.7 Å². The number of para-hydroxylation sites is 2. The molecule has 1 unspecified atom stereocenters. The van der Waals surface area contributed by atoms with Gasteiger partial charge >= 0.3 is 0 Å². The van der Waals surface area contributed by atoms with Crippen LogP contribution in [0.3, 0.4) is 0 Å². The molecule has 0 aliphatic heterocycles. The zero-order valence-electron chi connectivity index (χ0n) is 34.3. The standard InChI is InChI=1S/C59H41N3/c1-3-4-7-19-39(2)59(45-24-10-6-11-25-45)50-29-15-12-27-48(50)54-51(59)37-36-47-46-26-13-16-30-52(46)60-57(55(47)54)43-22-18-23-44(38-43)58-61-53-31-17-14-28-49(53)56(62-58)42-34-32-41(33-35-42)40-20-8-5-9-21-40/h3-38H,2H2,1H3/b4-3-,19-7-. The number of fused-ring (bicyclic) bond motifs is 8. The molecule has 3 nitrogen and oxygen atoms in total. The average Bonchev–Trinajstić information content (AvgIpc) is 3.65. The van der Waals surface area contributed by atoms with Crippen molar-refractivity contribution in [1.29, 1.82) is 0 Å². The van der Waals surface area contributed by atoms with Gasteiger partial charge in [-0.2, -0.15) is 0 Å². The SMILES string of the molecule is C=C(/C=C\C=C/C)C1(c2ccccc2)c2ccccc2-c2c1ccc1c2c(-c2cccc(-c3nc(-c4ccc(-c5ccccc5)cc4)c4ccccc4n3)c2)nc2ccccc21. The molecule has 0 spiro atoms. The molecule has 11 rings (SSSR count). The second-order valence-electron chi connectivity index (χ2n) is 15.9. The Labute approximate surface area is 361 Å². The molecule has 0 N–H and O–H groups in total. The minimum atomic E-state index is -0.626. The van der Waals surface area contributed by atoms with Gasteiger partial charge in [0.2, 0.25) is 0 Å². The molecular weight excluding hydrogens is 751 g/mol. The molecular formula is C59H41N3. The molecule has 292 valence electrons. The van der Waals surface area contributed by atoms with E-state index >= 15 is 0 Å². The molecule has 3 heteroatoms. The van der Waals surface area contributed by atoms with E-state index in [1.54, 1.807) is 0 Å². The van der Waals surface area contributed by atoms with Gasteiger partial charge in [0.25, 0.3) is 0 Å². The molecule has 0 fully saturated rings. The zero-order valence-corrected chi connectivity index (χ0v) is 34.3. The second kappa shape index (κ2) is 15.2. The van der Waals surface area contributed by atoms with E-state index in [2.05, 4.69) is 200 Å². The predicted molar refractivity (Wildman–Crippen MR) is 259 cm³/mol. The van der Waals surface area contributed by atoms with Gasteiger partial charge in [0, 0.05) is 32.8 Å². The lowest BCUT2D eigenvalue weighted by molar-refractivity contribution is 0.771. The minimum absolute atomic E-state index is 0.626. The monoisotopic (exact) mass is 791 g/mol. The number of allylic oxidation sites excluding steroid dienone is 5. The van der Waals surface area contributed by atoms with Crippen LogP contribution in [0.1, 0.15) is 23.6 Å². The van der Waals surface area contributed by atoms with Gasteiger partial charge in [-0.05, 0) is 75.0 Å². The van der Waals surface area contributed by atoms with Crippen molar-refractivity contribution in [2.75, 3.05) is 0 Å². The highest BCUT2D eigenvalue weighted by Crippen LogP contribution is 2.59. The molecule has 0 radical (unpaired) electrons. The van der Waals surface area contributed by atoms with Crippen molar-refractivity contribution in [2.45, 2.75) is 12.3 Å². The van der Waals surface area contributed by atoms with Crippen molar-refractivity contribution in [3.63, 3.8) is 0 Å². The number of nitrogens with zero attached hydrogens (tertiary/aromatic N) is 3. The molecule has 2 aromatic heterocycles. The summed E-state index contributed by atoms with van der Waals surface area (Å²) in [4.78, 5) is 16.1. The van der Waals surface area contributed by atoms with Gasteiger partial charge in [-0.25, -0.2) is 15.0 Å². The number of hydrogen-bond acceptors (Lipinski definition) is 3. The highest BCUT2D eigenvalue weighted by Gasteiger charge is 2.47. The highest BCUT2D eigenvalue weighted by atomic mass is 14.9. The normalized spacial score (nSPS) is 14.5. The quantitative estimate of drug-likeness (QED) is 0.114. The highest BCUT2D eigenvalue weighted by molar-refractivity contribution is 6.18. The van der Waals surface area contributed by atoms with E-state index in [1.165, 1.54) is 38.9 Å². The van der Waals surface area contributed by atoms with Crippen molar-refractivity contribution in [3.05, 3.63) is 247 Å². The summed E-state index contributed by atoms with van der Waals surface area (Å²) in [5.41, 5.74) is 15.3. The number of rotatable bonds is 8. The van der Waals surface area contributed by atoms with Crippen molar-refractivity contribution >= 4 is 32.6 Å². The van der Waals surface area contributed by atoms with Crippen LogP contribution >= 0.6 is 0 Å². The van der Waals surface area contributed by atoms with Crippen LogP contribution < -0.4 is 0 Å². The molecule has 2 heterocycles.